The molecule has 1 aromatic rings. The van der Waals surface area contributed by atoms with Gasteiger partial charge in [0.05, 0.1) is 0 Å². The lowest BCUT2D eigenvalue weighted by Gasteiger charge is -2.23. The molecule has 0 saturated carbocycles. The monoisotopic (exact) mass is 241 g/mol. The Morgan fingerprint density at radius 1 is 1.31 bits per heavy atom. The molecule has 0 amide bonds. The highest BCUT2D eigenvalue weighted by atomic mass is 35.5. The predicted molar refractivity (Wildman–Crippen MR) is 60.2 cm³/mol. The average molecular weight is 242 g/mol. The molecular formula is C12H10ClF2N. The van der Waals surface area contributed by atoms with Gasteiger partial charge in [-0.2, -0.15) is 4.39 Å². The van der Waals surface area contributed by atoms with Crippen LogP contribution in [-0.2, 0) is 6.54 Å². The van der Waals surface area contributed by atoms with Gasteiger partial charge in [-0.3, -0.25) is 0 Å². The van der Waals surface area contributed by atoms with Crippen molar-refractivity contribution in [3.63, 3.8) is 0 Å². The molecule has 16 heavy (non-hydrogen) atoms. The van der Waals surface area contributed by atoms with E-state index in [0.29, 0.717) is 23.7 Å². The summed E-state index contributed by atoms with van der Waals surface area (Å²) in [4.78, 5) is 1.53. The van der Waals surface area contributed by atoms with E-state index >= 15 is 0 Å². The third-order valence-corrected chi connectivity index (χ3v) is 2.73. The number of halogens is 3. The van der Waals surface area contributed by atoms with Crippen molar-refractivity contribution in [2.75, 3.05) is 6.54 Å². The van der Waals surface area contributed by atoms with Crippen molar-refractivity contribution in [1.82, 2.24) is 4.90 Å². The maximum atomic E-state index is 13.4. The zero-order valence-electron chi connectivity index (χ0n) is 8.46. The van der Waals surface area contributed by atoms with Crippen LogP contribution in [0.2, 0.25) is 5.02 Å². The van der Waals surface area contributed by atoms with E-state index in [-0.39, 0.29) is 11.8 Å². The summed E-state index contributed by atoms with van der Waals surface area (Å²) in [5.74, 6) is -0.689. The molecule has 84 valence electrons. The van der Waals surface area contributed by atoms with Crippen LogP contribution in [0.25, 0.3) is 0 Å². The van der Waals surface area contributed by atoms with Gasteiger partial charge in [0.1, 0.15) is 5.82 Å². The maximum absolute atomic E-state index is 13.4. The second-order valence-electron chi connectivity index (χ2n) is 3.53. The first kappa shape index (κ1) is 11.1. The minimum absolute atomic E-state index is 0.303. The molecule has 0 atom stereocenters. The van der Waals surface area contributed by atoms with Crippen molar-refractivity contribution in [1.29, 1.82) is 0 Å². The standard InChI is InChI=1S/C12H10ClF2N/c13-11-7-10(14)5-4-9(11)8-16-6-2-1-3-12(16)15/h1-5,7H,6,8H2. The van der Waals surface area contributed by atoms with Gasteiger partial charge >= 0.3 is 0 Å². The molecule has 0 unspecified atom stereocenters. The Morgan fingerprint density at radius 3 is 2.81 bits per heavy atom. The zero-order valence-corrected chi connectivity index (χ0v) is 9.22. The minimum atomic E-state index is -0.386. The van der Waals surface area contributed by atoms with Gasteiger partial charge in [-0.1, -0.05) is 29.8 Å². The third-order valence-electron chi connectivity index (χ3n) is 2.37. The SMILES string of the molecule is FC1=CC=CCN1Cc1ccc(F)cc1Cl. The molecule has 1 aromatic carbocycles. The highest BCUT2D eigenvalue weighted by Gasteiger charge is 2.12. The largest absolute Gasteiger partial charge is 0.340 e. The Balaban J connectivity index is 2.15. The summed E-state index contributed by atoms with van der Waals surface area (Å²) in [5.41, 5.74) is 0.710. The molecule has 1 aliphatic rings. The van der Waals surface area contributed by atoms with Gasteiger partial charge in [0.2, 0.25) is 0 Å². The third kappa shape index (κ3) is 2.42. The molecular weight excluding hydrogens is 232 g/mol. The van der Waals surface area contributed by atoms with E-state index < -0.39 is 0 Å². The van der Waals surface area contributed by atoms with E-state index in [9.17, 15) is 8.78 Å². The highest BCUT2D eigenvalue weighted by Crippen LogP contribution is 2.22. The van der Waals surface area contributed by atoms with Crippen LogP contribution in [0.3, 0.4) is 0 Å². The smallest absolute Gasteiger partial charge is 0.190 e. The van der Waals surface area contributed by atoms with Crippen LogP contribution >= 0.6 is 11.6 Å². The Hall–Kier alpha value is -1.35. The molecule has 0 radical (unpaired) electrons. The Labute approximate surface area is 97.6 Å². The van der Waals surface area contributed by atoms with Gasteiger partial charge in [-0.15, -0.1) is 0 Å². The van der Waals surface area contributed by atoms with Crippen LogP contribution in [0.5, 0.6) is 0 Å². The summed E-state index contributed by atoms with van der Waals surface area (Å²) in [6.07, 6.45) is 4.90. The molecule has 0 aromatic heterocycles. The lowest BCUT2D eigenvalue weighted by atomic mass is 10.2. The van der Waals surface area contributed by atoms with Gasteiger partial charge < -0.3 is 4.90 Å². The van der Waals surface area contributed by atoms with Crippen LogP contribution in [-0.4, -0.2) is 11.4 Å². The van der Waals surface area contributed by atoms with Crippen LogP contribution in [0, 0.1) is 5.82 Å². The molecule has 1 nitrogen and oxygen atoms in total. The van der Waals surface area contributed by atoms with Crippen molar-refractivity contribution >= 4 is 11.6 Å². The number of hydrogen-bond acceptors (Lipinski definition) is 1. The van der Waals surface area contributed by atoms with Gasteiger partial charge in [0.25, 0.3) is 0 Å². The van der Waals surface area contributed by atoms with Crippen LogP contribution in [0.1, 0.15) is 5.56 Å². The van der Waals surface area contributed by atoms with E-state index in [1.165, 1.54) is 23.1 Å². The molecule has 0 N–H and O–H groups in total. The van der Waals surface area contributed by atoms with Crippen molar-refractivity contribution in [3.8, 4) is 0 Å². The van der Waals surface area contributed by atoms with Gasteiger partial charge in [-0.25, -0.2) is 4.39 Å². The number of hydrogen-bond donors (Lipinski definition) is 0. The Bertz CT molecular complexity index is 454. The fraction of sp³-hybridized carbons (Fsp3) is 0.167. The number of rotatable bonds is 2. The maximum Gasteiger partial charge on any atom is 0.190 e. The van der Waals surface area contributed by atoms with Crippen LogP contribution in [0.4, 0.5) is 8.78 Å². The summed E-state index contributed by atoms with van der Waals surface area (Å²) in [6, 6.07) is 4.13. The van der Waals surface area contributed by atoms with Crippen molar-refractivity contribution < 1.29 is 8.78 Å². The van der Waals surface area contributed by atoms with E-state index in [0.717, 1.165) is 0 Å². The summed E-state index contributed by atoms with van der Waals surface area (Å²) in [7, 11) is 0. The van der Waals surface area contributed by atoms with Crippen molar-refractivity contribution in [3.05, 3.63) is 58.8 Å². The normalized spacial score (nSPS) is 15.2. The van der Waals surface area contributed by atoms with Crippen LogP contribution in [0.15, 0.2) is 42.4 Å². The quantitative estimate of drug-likeness (QED) is 0.715. The summed E-state index contributed by atoms with van der Waals surface area (Å²) >= 11 is 5.87. The summed E-state index contributed by atoms with van der Waals surface area (Å²) in [5, 5.41) is 0.322. The van der Waals surface area contributed by atoms with E-state index in [2.05, 4.69) is 0 Å². The average Bonchev–Trinajstić information content (AvgIpc) is 2.25. The van der Waals surface area contributed by atoms with Crippen molar-refractivity contribution in [2.45, 2.75) is 6.54 Å². The Kier molecular flexibility index (Phi) is 3.25. The van der Waals surface area contributed by atoms with Crippen molar-refractivity contribution in [2.24, 2.45) is 0 Å². The lowest BCUT2D eigenvalue weighted by molar-refractivity contribution is 0.282. The Morgan fingerprint density at radius 2 is 2.12 bits per heavy atom. The molecule has 1 heterocycles. The van der Waals surface area contributed by atoms with E-state index in [4.69, 9.17) is 11.6 Å². The molecule has 0 saturated heterocycles. The highest BCUT2D eigenvalue weighted by molar-refractivity contribution is 6.31. The fourth-order valence-electron chi connectivity index (χ4n) is 1.52. The van der Waals surface area contributed by atoms with Gasteiger partial charge in [0, 0.05) is 18.1 Å². The topological polar surface area (TPSA) is 3.24 Å². The molecule has 0 spiro atoms. The molecule has 0 bridgehead atoms. The van der Waals surface area contributed by atoms with Gasteiger partial charge in [-0.05, 0) is 23.8 Å². The molecule has 0 fully saturated rings. The predicted octanol–water partition coefficient (Wildman–Crippen LogP) is 3.66. The summed E-state index contributed by atoms with van der Waals surface area (Å²) < 4.78 is 26.2. The first-order chi connectivity index (χ1) is 7.66. The zero-order chi connectivity index (χ0) is 11.5. The van der Waals surface area contributed by atoms with E-state index in [1.54, 1.807) is 12.1 Å². The first-order valence-corrected chi connectivity index (χ1v) is 5.26. The second-order valence-corrected chi connectivity index (χ2v) is 3.94. The number of benzene rings is 1. The molecule has 4 heteroatoms. The molecule has 1 aliphatic heterocycles. The molecule has 0 aliphatic carbocycles. The van der Waals surface area contributed by atoms with Crippen LogP contribution < -0.4 is 0 Å². The van der Waals surface area contributed by atoms with E-state index in [1.807, 2.05) is 6.08 Å². The fourth-order valence-corrected chi connectivity index (χ4v) is 1.75. The number of allylic oxidation sites excluding steroid dienone is 2. The second kappa shape index (κ2) is 4.66. The van der Waals surface area contributed by atoms with Gasteiger partial charge in [0.15, 0.2) is 5.95 Å². The first-order valence-electron chi connectivity index (χ1n) is 4.88. The number of nitrogens with zero attached hydrogens (tertiary/aromatic N) is 1. The lowest BCUT2D eigenvalue weighted by Crippen LogP contribution is -2.22. The molecule has 2 rings (SSSR count). The minimum Gasteiger partial charge on any atom is -0.340 e. The summed E-state index contributed by atoms with van der Waals surface area (Å²) in [6.45, 7) is 0.835.